The zero-order valence-electron chi connectivity index (χ0n) is 9.43. The molecule has 2 rings (SSSR count). The Morgan fingerprint density at radius 2 is 2.29 bits per heavy atom. The van der Waals surface area contributed by atoms with Crippen molar-refractivity contribution >= 4 is 17.7 Å². The van der Waals surface area contributed by atoms with Crippen LogP contribution in [-0.4, -0.2) is 33.4 Å². The lowest BCUT2D eigenvalue weighted by Crippen LogP contribution is -2.36. The molecule has 0 atom stereocenters. The molecule has 1 fully saturated rings. The minimum Gasteiger partial charge on any atom is -0.481 e. The highest BCUT2D eigenvalue weighted by Gasteiger charge is 2.50. The fourth-order valence-electron chi connectivity index (χ4n) is 1.53. The minimum absolute atomic E-state index is 0.161. The average molecular weight is 238 g/mol. The van der Waals surface area contributed by atoms with Crippen molar-refractivity contribution in [2.45, 2.75) is 12.8 Å². The molecule has 92 valence electrons. The van der Waals surface area contributed by atoms with Gasteiger partial charge in [-0.25, -0.2) is 4.79 Å². The highest BCUT2D eigenvalue weighted by atomic mass is 16.4. The quantitative estimate of drug-likeness (QED) is 0.707. The van der Waals surface area contributed by atoms with Crippen LogP contribution < -0.4 is 10.6 Å². The number of nitrogens with one attached hydrogen (secondary N) is 2. The molecule has 2 amide bonds. The normalized spacial score (nSPS) is 16.3. The largest absolute Gasteiger partial charge is 0.481 e. The van der Waals surface area contributed by atoms with Crippen LogP contribution in [-0.2, 0) is 11.8 Å². The van der Waals surface area contributed by atoms with Crippen LogP contribution in [0.5, 0.6) is 0 Å². The van der Waals surface area contributed by atoms with Crippen molar-refractivity contribution in [3.05, 3.63) is 12.4 Å². The van der Waals surface area contributed by atoms with Crippen LogP contribution in [0, 0.1) is 5.41 Å². The van der Waals surface area contributed by atoms with Gasteiger partial charge in [-0.3, -0.25) is 9.48 Å². The minimum atomic E-state index is -0.848. The van der Waals surface area contributed by atoms with E-state index in [1.165, 1.54) is 6.20 Å². The van der Waals surface area contributed by atoms with Gasteiger partial charge in [0.2, 0.25) is 0 Å². The first kappa shape index (κ1) is 11.4. The predicted octanol–water partition coefficient (Wildman–Crippen LogP) is 0.406. The Labute approximate surface area is 97.8 Å². The molecule has 0 saturated heterocycles. The van der Waals surface area contributed by atoms with E-state index < -0.39 is 17.4 Å². The van der Waals surface area contributed by atoms with Crippen LogP contribution in [0.25, 0.3) is 0 Å². The van der Waals surface area contributed by atoms with Gasteiger partial charge in [-0.15, -0.1) is 0 Å². The van der Waals surface area contributed by atoms with E-state index in [-0.39, 0.29) is 6.54 Å². The Balaban J connectivity index is 1.80. The first-order chi connectivity index (χ1) is 8.02. The number of amides is 2. The number of hydrogen-bond acceptors (Lipinski definition) is 3. The molecule has 0 unspecified atom stereocenters. The van der Waals surface area contributed by atoms with Gasteiger partial charge in [0.1, 0.15) is 0 Å². The number of anilines is 1. The second-order valence-corrected chi connectivity index (χ2v) is 4.30. The number of aromatic nitrogens is 2. The van der Waals surface area contributed by atoms with Crippen LogP contribution in [0.4, 0.5) is 10.5 Å². The van der Waals surface area contributed by atoms with E-state index in [2.05, 4.69) is 15.7 Å². The Morgan fingerprint density at radius 3 is 2.76 bits per heavy atom. The highest BCUT2D eigenvalue weighted by molar-refractivity contribution is 5.89. The summed E-state index contributed by atoms with van der Waals surface area (Å²) in [5.41, 5.74) is -0.170. The number of carboxylic acid groups (broad SMARTS) is 1. The number of rotatable bonds is 4. The maximum Gasteiger partial charge on any atom is 0.319 e. The summed E-state index contributed by atoms with van der Waals surface area (Å²) in [6.07, 6.45) is 4.42. The van der Waals surface area contributed by atoms with E-state index in [9.17, 15) is 9.59 Å². The highest BCUT2D eigenvalue weighted by Crippen LogP contribution is 2.45. The summed E-state index contributed by atoms with van der Waals surface area (Å²) in [7, 11) is 1.74. The molecule has 1 heterocycles. The third-order valence-corrected chi connectivity index (χ3v) is 2.86. The number of carboxylic acids is 1. The first-order valence-corrected chi connectivity index (χ1v) is 5.29. The third-order valence-electron chi connectivity index (χ3n) is 2.86. The molecule has 1 aromatic heterocycles. The van der Waals surface area contributed by atoms with Gasteiger partial charge in [0, 0.05) is 19.8 Å². The second-order valence-electron chi connectivity index (χ2n) is 4.30. The van der Waals surface area contributed by atoms with Crippen molar-refractivity contribution in [2.75, 3.05) is 11.9 Å². The number of carbonyl (C=O) groups excluding carboxylic acids is 1. The lowest BCUT2D eigenvalue weighted by molar-refractivity contribution is -0.143. The Bertz CT molecular complexity index is 450. The summed E-state index contributed by atoms with van der Waals surface area (Å²) in [6, 6.07) is -0.412. The summed E-state index contributed by atoms with van der Waals surface area (Å²) in [5.74, 6) is -0.848. The number of carbonyl (C=O) groups is 2. The SMILES string of the molecule is Cn1cc(NC(=O)NCC2(C(=O)O)CC2)cn1. The van der Waals surface area contributed by atoms with Crippen molar-refractivity contribution in [3.63, 3.8) is 0 Å². The second kappa shape index (κ2) is 4.08. The molecule has 0 spiro atoms. The zero-order valence-corrected chi connectivity index (χ0v) is 9.43. The molecule has 7 heteroatoms. The Morgan fingerprint density at radius 1 is 1.59 bits per heavy atom. The van der Waals surface area contributed by atoms with E-state index in [4.69, 9.17) is 5.11 Å². The Kier molecular flexibility index (Phi) is 2.74. The number of aryl methyl sites for hydroxylation is 1. The molecular formula is C10H14N4O3. The Hall–Kier alpha value is -2.05. The summed E-state index contributed by atoms with van der Waals surface area (Å²) >= 11 is 0. The topological polar surface area (TPSA) is 96.2 Å². The zero-order chi connectivity index (χ0) is 12.5. The van der Waals surface area contributed by atoms with Gasteiger partial charge in [0.15, 0.2) is 0 Å². The average Bonchev–Trinajstić information content (AvgIpc) is 2.96. The van der Waals surface area contributed by atoms with Crippen LogP contribution in [0.2, 0.25) is 0 Å². The van der Waals surface area contributed by atoms with Gasteiger partial charge in [0.25, 0.3) is 0 Å². The van der Waals surface area contributed by atoms with E-state index in [0.29, 0.717) is 18.5 Å². The van der Waals surface area contributed by atoms with E-state index >= 15 is 0 Å². The molecule has 3 N–H and O–H groups in total. The summed E-state index contributed by atoms with van der Waals surface area (Å²) in [5, 5.41) is 18.0. The number of hydrogen-bond donors (Lipinski definition) is 3. The van der Waals surface area contributed by atoms with Crippen LogP contribution in [0.1, 0.15) is 12.8 Å². The van der Waals surface area contributed by atoms with Gasteiger partial charge in [0.05, 0.1) is 17.3 Å². The lowest BCUT2D eigenvalue weighted by Gasteiger charge is -2.11. The predicted molar refractivity (Wildman–Crippen MR) is 59.5 cm³/mol. The first-order valence-electron chi connectivity index (χ1n) is 5.29. The van der Waals surface area contributed by atoms with Crippen molar-refractivity contribution in [1.29, 1.82) is 0 Å². The van der Waals surface area contributed by atoms with Crippen molar-refractivity contribution in [1.82, 2.24) is 15.1 Å². The molecular weight excluding hydrogens is 224 g/mol. The maximum absolute atomic E-state index is 11.5. The molecule has 1 aliphatic carbocycles. The van der Waals surface area contributed by atoms with Crippen LogP contribution in [0.3, 0.4) is 0 Å². The molecule has 0 bridgehead atoms. The fourth-order valence-corrected chi connectivity index (χ4v) is 1.53. The third kappa shape index (κ3) is 2.55. The molecule has 1 aliphatic rings. The molecule has 0 radical (unpaired) electrons. The van der Waals surface area contributed by atoms with Gasteiger partial charge in [-0.1, -0.05) is 0 Å². The molecule has 0 aliphatic heterocycles. The van der Waals surface area contributed by atoms with E-state index in [1.54, 1.807) is 17.9 Å². The molecule has 1 saturated carbocycles. The number of urea groups is 1. The standard InChI is InChI=1S/C10H14N4O3/c1-14-5-7(4-12-14)13-9(17)11-6-10(2-3-10)8(15)16/h4-5H,2-3,6H2,1H3,(H,15,16)(H2,11,13,17). The number of nitrogens with zero attached hydrogens (tertiary/aromatic N) is 2. The van der Waals surface area contributed by atoms with Crippen molar-refractivity contribution in [3.8, 4) is 0 Å². The van der Waals surface area contributed by atoms with Crippen LogP contribution >= 0.6 is 0 Å². The summed E-state index contributed by atoms with van der Waals surface area (Å²) in [4.78, 5) is 22.3. The monoisotopic (exact) mass is 238 g/mol. The van der Waals surface area contributed by atoms with E-state index in [0.717, 1.165) is 0 Å². The van der Waals surface area contributed by atoms with Crippen molar-refractivity contribution in [2.24, 2.45) is 12.5 Å². The number of aliphatic carboxylic acids is 1. The molecule has 17 heavy (non-hydrogen) atoms. The van der Waals surface area contributed by atoms with Gasteiger partial charge in [-0.2, -0.15) is 5.10 Å². The van der Waals surface area contributed by atoms with Gasteiger partial charge < -0.3 is 15.7 Å². The molecule has 0 aromatic carbocycles. The smallest absolute Gasteiger partial charge is 0.319 e. The van der Waals surface area contributed by atoms with Gasteiger partial charge in [-0.05, 0) is 12.8 Å². The lowest BCUT2D eigenvalue weighted by atomic mass is 10.1. The van der Waals surface area contributed by atoms with Crippen LogP contribution in [0.15, 0.2) is 12.4 Å². The maximum atomic E-state index is 11.5. The molecule has 7 nitrogen and oxygen atoms in total. The summed E-state index contributed by atoms with van der Waals surface area (Å²) in [6.45, 7) is 0.161. The molecule has 1 aromatic rings. The van der Waals surface area contributed by atoms with Crippen molar-refractivity contribution < 1.29 is 14.7 Å². The van der Waals surface area contributed by atoms with E-state index in [1.807, 2.05) is 0 Å². The fraction of sp³-hybridized carbons (Fsp3) is 0.500. The summed E-state index contributed by atoms with van der Waals surface area (Å²) < 4.78 is 1.56. The van der Waals surface area contributed by atoms with Gasteiger partial charge >= 0.3 is 12.0 Å².